The highest BCUT2D eigenvalue weighted by atomic mass is 16.5. The molecule has 1 aliphatic rings. The van der Waals surface area contributed by atoms with Gasteiger partial charge in [-0.3, -0.25) is 9.67 Å². The van der Waals surface area contributed by atoms with Crippen LogP contribution in [0.25, 0.3) is 11.3 Å². The second-order valence-electron chi connectivity index (χ2n) is 5.91. The number of rotatable bonds is 6. The normalized spacial score (nSPS) is 16.8. The van der Waals surface area contributed by atoms with Crippen molar-refractivity contribution in [2.45, 2.75) is 31.8 Å². The van der Waals surface area contributed by atoms with Crippen molar-refractivity contribution in [2.75, 3.05) is 13.7 Å². The molecule has 0 N–H and O–H groups in total. The number of aromatic nitrogens is 3. The average Bonchev–Trinajstić information content (AvgIpc) is 3.20. The van der Waals surface area contributed by atoms with E-state index in [1.807, 2.05) is 31.6 Å². The molecule has 0 radical (unpaired) electrons. The Kier molecular flexibility index (Phi) is 4.73. The minimum absolute atomic E-state index is 0.181. The van der Waals surface area contributed by atoms with Crippen LogP contribution in [-0.2, 0) is 11.8 Å². The Morgan fingerprint density at radius 3 is 2.68 bits per heavy atom. The van der Waals surface area contributed by atoms with Crippen LogP contribution in [0.2, 0.25) is 0 Å². The number of aryl methyl sites for hydroxylation is 1. The number of hydrogen-bond acceptors (Lipinski definition) is 4. The summed E-state index contributed by atoms with van der Waals surface area (Å²) in [6.45, 7) is 0.592. The van der Waals surface area contributed by atoms with Gasteiger partial charge in [0.2, 0.25) is 0 Å². The average molecular weight is 301 g/mol. The van der Waals surface area contributed by atoms with Gasteiger partial charge in [-0.2, -0.15) is 5.10 Å². The molecule has 1 saturated carbocycles. The summed E-state index contributed by atoms with van der Waals surface area (Å²) in [7, 11) is 3.67. The van der Waals surface area contributed by atoms with Gasteiger partial charge in [0.15, 0.2) is 0 Å². The van der Waals surface area contributed by atoms with Crippen LogP contribution in [0, 0.1) is 5.92 Å². The molecule has 1 aliphatic carbocycles. The zero-order valence-electron chi connectivity index (χ0n) is 13.2. The van der Waals surface area contributed by atoms with Crippen molar-refractivity contribution in [3.63, 3.8) is 0 Å². The second kappa shape index (κ2) is 6.92. The molecular weight excluding hydrogens is 278 g/mol. The van der Waals surface area contributed by atoms with Crippen molar-refractivity contribution in [1.29, 1.82) is 0 Å². The maximum Gasteiger partial charge on any atom is 0.137 e. The van der Waals surface area contributed by atoms with Gasteiger partial charge in [-0.25, -0.2) is 0 Å². The summed E-state index contributed by atoms with van der Waals surface area (Å²) >= 11 is 0. The Hall–Kier alpha value is -1.88. The van der Waals surface area contributed by atoms with E-state index in [1.165, 1.54) is 25.7 Å². The van der Waals surface area contributed by atoms with Crippen molar-refractivity contribution >= 4 is 0 Å². The molecule has 0 bridgehead atoms. The highest BCUT2D eigenvalue weighted by molar-refractivity contribution is 5.57. The summed E-state index contributed by atoms with van der Waals surface area (Å²) in [4.78, 5) is 4.44. The van der Waals surface area contributed by atoms with Gasteiger partial charge in [0, 0.05) is 25.9 Å². The first kappa shape index (κ1) is 15.0. The molecule has 1 unspecified atom stereocenters. The summed E-state index contributed by atoms with van der Waals surface area (Å²) in [5.74, 6) is 1.42. The molecule has 22 heavy (non-hydrogen) atoms. The second-order valence-corrected chi connectivity index (χ2v) is 5.91. The van der Waals surface area contributed by atoms with Crippen LogP contribution >= 0.6 is 0 Å². The topological polar surface area (TPSA) is 49.2 Å². The lowest BCUT2D eigenvalue weighted by Crippen LogP contribution is -2.27. The fourth-order valence-corrected chi connectivity index (χ4v) is 3.09. The van der Waals surface area contributed by atoms with Crippen molar-refractivity contribution in [3.8, 4) is 17.0 Å². The third kappa shape index (κ3) is 3.47. The lowest BCUT2D eigenvalue weighted by Gasteiger charge is -2.22. The molecule has 0 saturated heterocycles. The first-order chi connectivity index (χ1) is 10.8. The molecule has 5 nitrogen and oxygen atoms in total. The number of methoxy groups -OCH3 is 1. The minimum Gasteiger partial charge on any atom is -0.489 e. The molecule has 2 aromatic rings. The number of nitrogens with zero attached hydrogens (tertiary/aromatic N) is 3. The summed E-state index contributed by atoms with van der Waals surface area (Å²) in [6, 6.07) is 3.92. The van der Waals surface area contributed by atoms with E-state index in [2.05, 4.69) is 10.1 Å². The van der Waals surface area contributed by atoms with E-state index >= 15 is 0 Å². The van der Waals surface area contributed by atoms with Crippen molar-refractivity contribution in [2.24, 2.45) is 13.0 Å². The predicted octanol–water partition coefficient (Wildman–Crippen LogP) is 3.07. The Bertz CT molecular complexity index is 588. The maximum atomic E-state index is 5.86. The number of hydrogen-bond donors (Lipinski definition) is 0. The van der Waals surface area contributed by atoms with Gasteiger partial charge in [-0.05, 0) is 30.9 Å². The summed E-state index contributed by atoms with van der Waals surface area (Å²) < 4.78 is 13.2. The predicted molar refractivity (Wildman–Crippen MR) is 84.7 cm³/mol. The third-order valence-corrected chi connectivity index (χ3v) is 4.38. The lowest BCUT2D eigenvalue weighted by molar-refractivity contribution is 0.0172. The van der Waals surface area contributed by atoms with Gasteiger partial charge in [0.1, 0.15) is 12.4 Å². The van der Waals surface area contributed by atoms with Crippen LogP contribution in [0.15, 0.2) is 30.7 Å². The molecule has 0 amide bonds. The number of ether oxygens (including phenoxy) is 2. The first-order valence-corrected chi connectivity index (χ1v) is 7.87. The Balaban J connectivity index is 1.58. The van der Waals surface area contributed by atoms with Crippen LogP contribution in [0.5, 0.6) is 5.75 Å². The minimum atomic E-state index is 0.181. The van der Waals surface area contributed by atoms with Crippen LogP contribution in [0.3, 0.4) is 0 Å². The zero-order valence-corrected chi connectivity index (χ0v) is 13.2. The lowest BCUT2D eigenvalue weighted by atomic mass is 10.0. The van der Waals surface area contributed by atoms with Gasteiger partial charge in [0.25, 0.3) is 0 Å². The van der Waals surface area contributed by atoms with E-state index in [9.17, 15) is 0 Å². The summed E-state index contributed by atoms with van der Waals surface area (Å²) in [5.41, 5.74) is 1.91. The SMILES string of the molecule is COC(COc1ccc(-c2cnn(C)c2)nc1)C1CCCC1. The van der Waals surface area contributed by atoms with Crippen LogP contribution in [0.1, 0.15) is 25.7 Å². The molecule has 5 heteroatoms. The van der Waals surface area contributed by atoms with E-state index in [0.29, 0.717) is 12.5 Å². The molecule has 118 valence electrons. The monoisotopic (exact) mass is 301 g/mol. The highest BCUT2D eigenvalue weighted by Crippen LogP contribution is 2.29. The van der Waals surface area contributed by atoms with Crippen LogP contribution < -0.4 is 4.74 Å². The highest BCUT2D eigenvalue weighted by Gasteiger charge is 2.25. The van der Waals surface area contributed by atoms with Crippen molar-refractivity contribution in [3.05, 3.63) is 30.7 Å². The zero-order chi connectivity index (χ0) is 15.4. The maximum absolute atomic E-state index is 5.86. The Morgan fingerprint density at radius 2 is 2.09 bits per heavy atom. The third-order valence-electron chi connectivity index (χ3n) is 4.38. The van der Waals surface area contributed by atoms with E-state index in [4.69, 9.17) is 9.47 Å². The van der Waals surface area contributed by atoms with E-state index < -0.39 is 0 Å². The van der Waals surface area contributed by atoms with Gasteiger partial charge >= 0.3 is 0 Å². The largest absolute Gasteiger partial charge is 0.489 e. The fourth-order valence-electron chi connectivity index (χ4n) is 3.09. The van der Waals surface area contributed by atoms with E-state index in [-0.39, 0.29) is 6.10 Å². The van der Waals surface area contributed by atoms with Gasteiger partial charge in [-0.1, -0.05) is 12.8 Å². The molecule has 3 rings (SSSR count). The Morgan fingerprint density at radius 1 is 1.27 bits per heavy atom. The molecule has 1 atom stereocenters. The summed E-state index contributed by atoms with van der Waals surface area (Å²) in [5, 5.41) is 4.16. The first-order valence-electron chi connectivity index (χ1n) is 7.87. The molecule has 1 fully saturated rings. The smallest absolute Gasteiger partial charge is 0.137 e. The molecule has 2 aromatic heterocycles. The van der Waals surface area contributed by atoms with Gasteiger partial charge in [-0.15, -0.1) is 0 Å². The standard InChI is InChI=1S/C17H23N3O2/c1-20-11-14(9-19-20)16-8-7-15(10-18-16)22-12-17(21-2)13-5-3-4-6-13/h7-11,13,17H,3-6,12H2,1-2H3. The Labute approximate surface area is 131 Å². The molecule has 0 aliphatic heterocycles. The molecular formula is C17H23N3O2. The molecule has 0 spiro atoms. The summed E-state index contributed by atoms with van der Waals surface area (Å²) in [6.07, 6.45) is 10.8. The van der Waals surface area contributed by atoms with Crippen molar-refractivity contribution < 1.29 is 9.47 Å². The van der Waals surface area contributed by atoms with Crippen LogP contribution in [0.4, 0.5) is 0 Å². The molecule has 2 heterocycles. The molecule has 0 aromatic carbocycles. The van der Waals surface area contributed by atoms with Crippen LogP contribution in [-0.4, -0.2) is 34.6 Å². The van der Waals surface area contributed by atoms with E-state index in [1.54, 1.807) is 18.0 Å². The van der Waals surface area contributed by atoms with E-state index in [0.717, 1.165) is 17.0 Å². The quantitative estimate of drug-likeness (QED) is 0.823. The van der Waals surface area contributed by atoms with Gasteiger partial charge < -0.3 is 9.47 Å². The van der Waals surface area contributed by atoms with Crippen molar-refractivity contribution in [1.82, 2.24) is 14.8 Å². The number of pyridine rings is 1. The van der Waals surface area contributed by atoms with Gasteiger partial charge in [0.05, 0.1) is 24.2 Å². The fraction of sp³-hybridized carbons (Fsp3) is 0.529.